The number of rotatable bonds is 2. The summed E-state index contributed by atoms with van der Waals surface area (Å²) >= 11 is 0. The van der Waals surface area contributed by atoms with Crippen LogP contribution in [0.3, 0.4) is 0 Å². The Morgan fingerprint density at radius 2 is 2.38 bits per heavy atom. The molecule has 1 aliphatic heterocycles. The van der Waals surface area contributed by atoms with Crippen LogP contribution in [0.5, 0.6) is 0 Å². The van der Waals surface area contributed by atoms with Gasteiger partial charge < -0.3 is 15.8 Å². The number of anilines is 1. The molecular formula is C11H16N4O. The standard InChI is InChI=1S/C11H16N4O/c1-7(2)15-4-3-8-6-13-9(5-10(8)15)11(12)14-16/h5-7,16H,3-4H2,1-2H3,(H2,12,14). The minimum absolute atomic E-state index is 0.0541. The average molecular weight is 220 g/mol. The van der Waals surface area contributed by atoms with E-state index < -0.39 is 0 Å². The van der Waals surface area contributed by atoms with Crippen LogP contribution in [0.25, 0.3) is 0 Å². The third-order valence-electron chi connectivity index (χ3n) is 2.89. The average Bonchev–Trinajstić information content (AvgIpc) is 2.70. The van der Waals surface area contributed by atoms with Crippen LogP contribution in [0.15, 0.2) is 17.4 Å². The number of aromatic nitrogens is 1. The Kier molecular flexibility index (Phi) is 2.68. The van der Waals surface area contributed by atoms with E-state index in [0.717, 1.165) is 18.7 Å². The van der Waals surface area contributed by atoms with Crippen molar-refractivity contribution in [2.24, 2.45) is 10.9 Å². The van der Waals surface area contributed by atoms with E-state index in [-0.39, 0.29) is 5.84 Å². The summed E-state index contributed by atoms with van der Waals surface area (Å²) in [7, 11) is 0. The maximum absolute atomic E-state index is 8.62. The van der Waals surface area contributed by atoms with Gasteiger partial charge in [-0.2, -0.15) is 0 Å². The van der Waals surface area contributed by atoms with Crippen molar-refractivity contribution < 1.29 is 5.21 Å². The van der Waals surface area contributed by atoms with Gasteiger partial charge >= 0.3 is 0 Å². The molecule has 16 heavy (non-hydrogen) atoms. The van der Waals surface area contributed by atoms with E-state index in [1.807, 2.05) is 12.3 Å². The summed E-state index contributed by atoms with van der Waals surface area (Å²) in [5.41, 5.74) is 8.42. The third-order valence-corrected chi connectivity index (χ3v) is 2.89. The second-order valence-corrected chi connectivity index (χ2v) is 4.22. The first-order valence-corrected chi connectivity index (χ1v) is 5.37. The van der Waals surface area contributed by atoms with E-state index in [0.29, 0.717) is 11.7 Å². The highest BCUT2D eigenvalue weighted by atomic mass is 16.4. The quantitative estimate of drug-likeness (QED) is 0.337. The number of amidine groups is 1. The van der Waals surface area contributed by atoms with Crippen molar-refractivity contribution in [1.82, 2.24) is 4.98 Å². The van der Waals surface area contributed by atoms with Crippen molar-refractivity contribution >= 4 is 11.5 Å². The molecule has 86 valence electrons. The third kappa shape index (κ3) is 1.68. The molecule has 0 saturated heterocycles. The molecule has 1 aliphatic rings. The lowest BCUT2D eigenvalue weighted by atomic mass is 10.2. The summed E-state index contributed by atoms with van der Waals surface area (Å²) < 4.78 is 0. The molecule has 0 aromatic carbocycles. The van der Waals surface area contributed by atoms with Crippen LogP contribution in [-0.2, 0) is 6.42 Å². The second-order valence-electron chi connectivity index (χ2n) is 4.22. The molecule has 0 spiro atoms. The fourth-order valence-electron chi connectivity index (χ4n) is 2.02. The molecular weight excluding hydrogens is 204 g/mol. The summed E-state index contributed by atoms with van der Waals surface area (Å²) in [4.78, 5) is 6.47. The van der Waals surface area contributed by atoms with E-state index in [9.17, 15) is 0 Å². The molecule has 3 N–H and O–H groups in total. The summed E-state index contributed by atoms with van der Waals surface area (Å²) in [6.45, 7) is 5.31. The molecule has 1 aromatic rings. The Labute approximate surface area is 94.6 Å². The topological polar surface area (TPSA) is 74.7 Å². The maximum Gasteiger partial charge on any atom is 0.188 e. The highest BCUT2D eigenvalue weighted by Crippen LogP contribution is 2.29. The summed E-state index contributed by atoms with van der Waals surface area (Å²) in [6.07, 6.45) is 2.82. The molecule has 1 aromatic heterocycles. The van der Waals surface area contributed by atoms with Gasteiger partial charge in [-0.05, 0) is 31.9 Å². The molecule has 0 bridgehead atoms. The minimum Gasteiger partial charge on any atom is -0.409 e. The Bertz CT molecular complexity index is 428. The second kappa shape index (κ2) is 4.00. The van der Waals surface area contributed by atoms with Crippen LogP contribution >= 0.6 is 0 Å². The van der Waals surface area contributed by atoms with Gasteiger partial charge in [0.1, 0.15) is 5.69 Å². The number of oxime groups is 1. The zero-order valence-electron chi connectivity index (χ0n) is 9.51. The number of fused-ring (bicyclic) bond motifs is 1. The van der Waals surface area contributed by atoms with E-state index in [2.05, 4.69) is 28.9 Å². The molecule has 2 heterocycles. The van der Waals surface area contributed by atoms with Gasteiger partial charge in [-0.1, -0.05) is 5.16 Å². The van der Waals surface area contributed by atoms with Crippen molar-refractivity contribution in [3.8, 4) is 0 Å². The summed E-state index contributed by atoms with van der Waals surface area (Å²) in [5, 5.41) is 11.6. The first kappa shape index (κ1) is 10.7. The number of hydrogen-bond donors (Lipinski definition) is 2. The van der Waals surface area contributed by atoms with E-state index in [1.54, 1.807) is 0 Å². The molecule has 0 saturated carbocycles. The van der Waals surface area contributed by atoms with Gasteiger partial charge in [0, 0.05) is 24.5 Å². The number of hydrogen-bond acceptors (Lipinski definition) is 4. The Hall–Kier alpha value is -1.78. The predicted octanol–water partition coefficient (Wildman–Crippen LogP) is 0.947. The fourth-order valence-corrected chi connectivity index (χ4v) is 2.02. The van der Waals surface area contributed by atoms with E-state index >= 15 is 0 Å². The zero-order valence-corrected chi connectivity index (χ0v) is 9.51. The molecule has 2 rings (SSSR count). The monoisotopic (exact) mass is 220 g/mol. The molecule has 5 heteroatoms. The number of nitrogens with zero attached hydrogens (tertiary/aromatic N) is 3. The van der Waals surface area contributed by atoms with Crippen LogP contribution in [0.1, 0.15) is 25.1 Å². The van der Waals surface area contributed by atoms with Crippen molar-refractivity contribution in [3.63, 3.8) is 0 Å². The van der Waals surface area contributed by atoms with Crippen molar-refractivity contribution in [3.05, 3.63) is 23.5 Å². The summed E-state index contributed by atoms with van der Waals surface area (Å²) in [6, 6.07) is 2.33. The van der Waals surface area contributed by atoms with Crippen LogP contribution in [0, 0.1) is 0 Å². The summed E-state index contributed by atoms with van der Waals surface area (Å²) in [5.74, 6) is 0.0541. The van der Waals surface area contributed by atoms with Gasteiger partial charge in [-0.15, -0.1) is 0 Å². The molecule has 0 fully saturated rings. The van der Waals surface area contributed by atoms with Gasteiger partial charge in [-0.25, -0.2) is 0 Å². The van der Waals surface area contributed by atoms with Gasteiger partial charge in [0.15, 0.2) is 5.84 Å². The van der Waals surface area contributed by atoms with Crippen molar-refractivity contribution in [1.29, 1.82) is 0 Å². The lowest BCUT2D eigenvalue weighted by Gasteiger charge is -2.24. The van der Waals surface area contributed by atoms with E-state index in [1.165, 1.54) is 5.56 Å². The smallest absolute Gasteiger partial charge is 0.188 e. The molecule has 0 amide bonds. The molecule has 0 atom stereocenters. The van der Waals surface area contributed by atoms with Gasteiger partial charge in [0.25, 0.3) is 0 Å². The SMILES string of the molecule is CC(C)N1CCc2cnc(/C(N)=N/O)cc21. The van der Waals surface area contributed by atoms with Gasteiger partial charge in [0.05, 0.1) is 0 Å². The zero-order chi connectivity index (χ0) is 11.7. The van der Waals surface area contributed by atoms with E-state index in [4.69, 9.17) is 10.9 Å². The highest BCUT2D eigenvalue weighted by Gasteiger charge is 2.22. The Balaban J connectivity index is 2.41. The highest BCUT2D eigenvalue weighted by molar-refractivity contribution is 5.96. The Morgan fingerprint density at radius 1 is 1.62 bits per heavy atom. The molecule has 0 unspecified atom stereocenters. The normalized spacial score (nSPS) is 15.7. The molecule has 5 nitrogen and oxygen atoms in total. The van der Waals surface area contributed by atoms with Crippen LogP contribution in [0.2, 0.25) is 0 Å². The maximum atomic E-state index is 8.62. The Morgan fingerprint density at radius 3 is 3.00 bits per heavy atom. The van der Waals surface area contributed by atoms with Crippen LogP contribution in [0.4, 0.5) is 5.69 Å². The van der Waals surface area contributed by atoms with Crippen molar-refractivity contribution in [2.45, 2.75) is 26.3 Å². The molecule has 0 aliphatic carbocycles. The molecule has 0 radical (unpaired) electrons. The van der Waals surface area contributed by atoms with Crippen LogP contribution < -0.4 is 10.6 Å². The van der Waals surface area contributed by atoms with Crippen LogP contribution in [-0.4, -0.2) is 28.6 Å². The van der Waals surface area contributed by atoms with Gasteiger partial charge in [-0.3, -0.25) is 4.98 Å². The largest absolute Gasteiger partial charge is 0.409 e. The first-order valence-electron chi connectivity index (χ1n) is 5.37. The fraction of sp³-hybridized carbons (Fsp3) is 0.455. The van der Waals surface area contributed by atoms with Crippen molar-refractivity contribution in [2.75, 3.05) is 11.4 Å². The number of nitrogens with two attached hydrogens (primary N) is 1. The van der Waals surface area contributed by atoms with Gasteiger partial charge in [0.2, 0.25) is 0 Å². The lowest BCUT2D eigenvalue weighted by Crippen LogP contribution is -2.28. The predicted molar refractivity (Wildman–Crippen MR) is 62.9 cm³/mol. The minimum atomic E-state index is 0.0541. The first-order chi connectivity index (χ1) is 7.63. The number of pyridine rings is 1. The lowest BCUT2D eigenvalue weighted by molar-refractivity contribution is 0.318.